The maximum Gasteiger partial charge on any atom is 0.193 e. The molecule has 0 bridgehead atoms. The number of hydrogen-bond acceptors (Lipinski definition) is 2. The highest BCUT2D eigenvalue weighted by molar-refractivity contribution is 6.28. The van der Waals surface area contributed by atoms with E-state index < -0.39 is 0 Å². The Kier molecular flexibility index (Phi) is 3.21. The molecule has 0 radical (unpaired) electrons. The third-order valence-corrected chi connectivity index (χ3v) is 1.76. The van der Waals surface area contributed by atoms with Crippen LogP contribution in [-0.2, 0) is 0 Å². The first-order valence-electron chi connectivity index (χ1n) is 3.68. The lowest BCUT2D eigenvalue weighted by Gasteiger charge is -2.04. The zero-order chi connectivity index (χ0) is 8.97. The second kappa shape index (κ2) is 4.20. The first-order chi connectivity index (χ1) is 5.74. The highest BCUT2D eigenvalue weighted by Crippen LogP contribution is 2.20. The molecule has 0 spiro atoms. The Balaban J connectivity index is 2.54. The summed E-state index contributed by atoms with van der Waals surface area (Å²) in [6.07, 6.45) is 6.47. The molecule has 1 rings (SSSR count). The molecule has 64 valence electrons. The summed E-state index contributed by atoms with van der Waals surface area (Å²) in [4.78, 5) is 0. The minimum absolute atomic E-state index is 0.145. The van der Waals surface area contributed by atoms with Gasteiger partial charge in [-0.2, -0.15) is 0 Å². The van der Waals surface area contributed by atoms with Crippen molar-refractivity contribution in [2.45, 2.75) is 18.9 Å². The molecule has 0 amide bonds. The Morgan fingerprint density at radius 1 is 1.67 bits per heavy atom. The highest BCUT2D eigenvalue weighted by atomic mass is 35.5. The lowest BCUT2D eigenvalue weighted by molar-refractivity contribution is 0.456. The van der Waals surface area contributed by atoms with Crippen LogP contribution >= 0.6 is 11.6 Å². The zero-order valence-electron chi connectivity index (χ0n) is 6.59. The average molecular weight is 184 g/mol. The molecule has 2 N–H and O–H groups in total. The molecule has 0 saturated carbocycles. The number of hydrogen-bond donors (Lipinski definition) is 1. The topological polar surface area (TPSA) is 39.2 Å². The summed E-state index contributed by atoms with van der Waals surface area (Å²) in [5.74, 6) is 3.21. The molecule has 3 heteroatoms. The van der Waals surface area contributed by atoms with Gasteiger partial charge in [-0.05, 0) is 30.2 Å². The fourth-order valence-electron chi connectivity index (χ4n) is 0.909. The van der Waals surface area contributed by atoms with E-state index in [0.29, 0.717) is 17.4 Å². The van der Waals surface area contributed by atoms with Crippen LogP contribution in [0.3, 0.4) is 0 Å². The van der Waals surface area contributed by atoms with Gasteiger partial charge in [0.2, 0.25) is 0 Å². The van der Waals surface area contributed by atoms with Gasteiger partial charge in [0.05, 0.1) is 6.04 Å². The standard InChI is InChI=1S/C9H10ClNO/c1-2-3-4-7(11)8-5-6-9(10)12-8/h1,5-7H,3-4,11H2. The molecule has 0 aliphatic rings. The highest BCUT2D eigenvalue weighted by Gasteiger charge is 2.08. The molecular formula is C9H10ClNO. The lowest BCUT2D eigenvalue weighted by Crippen LogP contribution is -2.08. The molecule has 1 unspecified atom stereocenters. The predicted octanol–water partition coefficient (Wildman–Crippen LogP) is 2.35. The van der Waals surface area contributed by atoms with E-state index in [2.05, 4.69) is 5.92 Å². The first kappa shape index (κ1) is 9.18. The molecule has 0 aliphatic carbocycles. The van der Waals surface area contributed by atoms with Gasteiger partial charge in [-0.25, -0.2) is 0 Å². The third-order valence-electron chi connectivity index (χ3n) is 1.56. The smallest absolute Gasteiger partial charge is 0.193 e. The van der Waals surface area contributed by atoms with Crippen molar-refractivity contribution < 1.29 is 4.42 Å². The van der Waals surface area contributed by atoms with Crippen LogP contribution in [0.25, 0.3) is 0 Å². The van der Waals surface area contributed by atoms with Gasteiger partial charge < -0.3 is 10.2 Å². The first-order valence-corrected chi connectivity index (χ1v) is 4.06. The van der Waals surface area contributed by atoms with E-state index in [1.54, 1.807) is 12.1 Å². The number of furan rings is 1. The van der Waals surface area contributed by atoms with Crippen molar-refractivity contribution >= 4 is 11.6 Å². The quantitative estimate of drug-likeness (QED) is 0.731. The van der Waals surface area contributed by atoms with Gasteiger partial charge in [0.1, 0.15) is 5.76 Å². The van der Waals surface area contributed by atoms with Gasteiger partial charge in [0, 0.05) is 6.42 Å². The molecule has 0 saturated heterocycles. The summed E-state index contributed by atoms with van der Waals surface area (Å²) in [5.41, 5.74) is 5.75. The maximum absolute atomic E-state index is 5.75. The van der Waals surface area contributed by atoms with Crippen molar-refractivity contribution in [2.24, 2.45) is 5.73 Å². The molecule has 2 nitrogen and oxygen atoms in total. The Bertz CT molecular complexity index is 287. The lowest BCUT2D eigenvalue weighted by atomic mass is 10.1. The normalized spacial score (nSPS) is 12.4. The predicted molar refractivity (Wildman–Crippen MR) is 48.7 cm³/mol. The van der Waals surface area contributed by atoms with Crippen molar-refractivity contribution in [3.05, 3.63) is 23.1 Å². The Morgan fingerprint density at radius 3 is 2.92 bits per heavy atom. The summed E-state index contributed by atoms with van der Waals surface area (Å²) in [6, 6.07) is 3.30. The third kappa shape index (κ3) is 2.30. The number of rotatable bonds is 3. The Morgan fingerprint density at radius 2 is 2.42 bits per heavy atom. The van der Waals surface area contributed by atoms with Crippen molar-refractivity contribution in [1.29, 1.82) is 0 Å². The average Bonchev–Trinajstić information content (AvgIpc) is 2.47. The number of nitrogens with two attached hydrogens (primary N) is 1. The largest absolute Gasteiger partial charge is 0.448 e. The fourth-order valence-corrected chi connectivity index (χ4v) is 1.06. The molecule has 1 atom stereocenters. The van der Waals surface area contributed by atoms with Gasteiger partial charge in [-0.15, -0.1) is 12.3 Å². The SMILES string of the molecule is C#CCCC(N)c1ccc(Cl)o1. The van der Waals surface area contributed by atoms with E-state index in [1.807, 2.05) is 0 Å². The Hall–Kier alpha value is -0.910. The van der Waals surface area contributed by atoms with Crippen LogP contribution < -0.4 is 5.73 Å². The van der Waals surface area contributed by atoms with Gasteiger partial charge >= 0.3 is 0 Å². The minimum Gasteiger partial charge on any atom is -0.448 e. The van der Waals surface area contributed by atoms with Crippen LogP contribution in [0.4, 0.5) is 0 Å². The minimum atomic E-state index is -0.145. The Labute approximate surface area is 76.7 Å². The van der Waals surface area contributed by atoms with Crippen LogP contribution in [0.15, 0.2) is 16.5 Å². The van der Waals surface area contributed by atoms with E-state index in [0.717, 1.165) is 6.42 Å². The van der Waals surface area contributed by atoms with E-state index in [-0.39, 0.29) is 6.04 Å². The molecule has 12 heavy (non-hydrogen) atoms. The molecule has 1 aromatic rings. The van der Waals surface area contributed by atoms with E-state index >= 15 is 0 Å². The summed E-state index contributed by atoms with van der Waals surface area (Å²) in [6.45, 7) is 0. The summed E-state index contributed by atoms with van der Waals surface area (Å²) in [5, 5.41) is 0.362. The second-order valence-corrected chi connectivity index (χ2v) is 2.86. The van der Waals surface area contributed by atoms with E-state index in [4.69, 9.17) is 28.2 Å². The fraction of sp³-hybridized carbons (Fsp3) is 0.333. The van der Waals surface area contributed by atoms with E-state index in [1.165, 1.54) is 0 Å². The molecule has 0 aromatic carbocycles. The molecule has 1 aromatic heterocycles. The van der Waals surface area contributed by atoms with Crippen LogP contribution in [0.5, 0.6) is 0 Å². The van der Waals surface area contributed by atoms with Crippen LogP contribution in [0.2, 0.25) is 5.22 Å². The zero-order valence-corrected chi connectivity index (χ0v) is 7.34. The molecular weight excluding hydrogens is 174 g/mol. The number of terminal acetylenes is 1. The summed E-state index contributed by atoms with van der Waals surface area (Å²) in [7, 11) is 0. The van der Waals surface area contributed by atoms with Crippen LogP contribution in [0, 0.1) is 12.3 Å². The van der Waals surface area contributed by atoms with Crippen LogP contribution in [-0.4, -0.2) is 0 Å². The van der Waals surface area contributed by atoms with Crippen molar-refractivity contribution in [2.75, 3.05) is 0 Å². The van der Waals surface area contributed by atoms with Crippen LogP contribution in [0.1, 0.15) is 24.6 Å². The number of halogens is 1. The molecule has 0 fully saturated rings. The van der Waals surface area contributed by atoms with Gasteiger partial charge in [0.15, 0.2) is 5.22 Å². The van der Waals surface area contributed by atoms with Crippen molar-refractivity contribution in [3.63, 3.8) is 0 Å². The van der Waals surface area contributed by atoms with Gasteiger partial charge in [0.25, 0.3) is 0 Å². The molecule has 1 heterocycles. The second-order valence-electron chi connectivity index (χ2n) is 2.49. The molecule has 0 aliphatic heterocycles. The van der Waals surface area contributed by atoms with Gasteiger partial charge in [-0.1, -0.05) is 0 Å². The van der Waals surface area contributed by atoms with Crippen molar-refractivity contribution in [3.8, 4) is 12.3 Å². The van der Waals surface area contributed by atoms with Gasteiger partial charge in [-0.3, -0.25) is 0 Å². The monoisotopic (exact) mass is 183 g/mol. The van der Waals surface area contributed by atoms with Crippen molar-refractivity contribution in [1.82, 2.24) is 0 Å². The maximum atomic E-state index is 5.75. The van der Waals surface area contributed by atoms with E-state index in [9.17, 15) is 0 Å². The summed E-state index contributed by atoms with van der Waals surface area (Å²) >= 11 is 5.58. The summed E-state index contributed by atoms with van der Waals surface area (Å²) < 4.78 is 5.11.